The molecule has 2 fully saturated rings. The smallest absolute Gasteiger partial charge is 0.119 e. The predicted molar refractivity (Wildman–Crippen MR) is 113 cm³/mol. The van der Waals surface area contributed by atoms with Crippen LogP contribution in [-0.4, -0.2) is 55.7 Å². The topological polar surface area (TPSA) is 15.7 Å². The molecule has 4 rings (SSSR count). The van der Waals surface area contributed by atoms with Crippen molar-refractivity contribution in [2.24, 2.45) is 11.3 Å². The van der Waals surface area contributed by atoms with Crippen molar-refractivity contribution in [3.63, 3.8) is 0 Å². The number of likely N-dealkylation sites (tertiary alicyclic amines) is 2. The number of hydrogen-bond donors (Lipinski definition) is 0. The molecule has 2 aliphatic heterocycles. The average molecular weight is 371 g/mol. The molecular formula is C24H38N2O. The van der Waals surface area contributed by atoms with Crippen LogP contribution in [0, 0.1) is 11.3 Å². The van der Waals surface area contributed by atoms with Gasteiger partial charge in [-0.2, -0.15) is 0 Å². The Labute approximate surface area is 166 Å². The minimum Gasteiger partial charge on any atom is -0.493 e. The Morgan fingerprint density at radius 2 is 1.56 bits per heavy atom. The summed E-state index contributed by atoms with van der Waals surface area (Å²) in [6.07, 6.45) is 9.41. The Morgan fingerprint density at radius 3 is 2.33 bits per heavy atom. The number of rotatable bonds is 7. The van der Waals surface area contributed by atoms with Crippen LogP contribution in [0.3, 0.4) is 0 Å². The molecule has 1 atom stereocenters. The molecule has 0 spiro atoms. The predicted octanol–water partition coefficient (Wildman–Crippen LogP) is 4.39. The summed E-state index contributed by atoms with van der Waals surface area (Å²) in [4.78, 5) is 5.29. The van der Waals surface area contributed by atoms with Gasteiger partial charge in [0.25, 0.3) is 0 Å². The van der Waals surface area contributed by atoms with Gasteiger partial charge in [-0.15, -0.1) is 0 Å². The van der Waals surface area contributed by atoms with Gasteiger partial charge in [-0.05, 0) is 93.9 Å². The molecule has 0 aromatic heterocycles. The lowest BCUT2D eigenvalue weighted by atomic mass is 9.93. The summed E-state index contributed by atoms with van der Waals surface area (Å²) in [5.74, 6) is 1.88. The maximum Gasteiger partial charge on any atom is 0.119 e. The molecule has 0 amide bonds. The van der Waals surface area contributed by atoms with Crippen LogP contribution in [0.15, 0.2) is 18.2 Å². The summed E-state index contributed by atoms with van der Waals surface area (Å²) in [7, 11) is 0. The minimum absolute atomic E-state index is 0.203. The minimum atomic E-state index is 0.203. The third-order valence-electron chi connectivity index (χ3n) is 6.64. The van der Waals surface area contributed by atoms with Gasteiger partial charge in [0.2, 0.25) is 0 Å². The van der Waals surface area contributed by atoms with E-state index in [0.29, 0.717) is 0 Å². The third-order valence-corrected chi connectivity index (χ3v) is 6.64. The normalized spacial score (nSPS) is 24.3. The molecule has 1 unspecified atom stereocenters. The molecule has 0 saturated carbocycles. The second-order valence-corrected chi connectivity index (χ2v) is 10.0. The maximum absolute atomic E-state index is 6.27. The van der Waals surface area contributed by atoms with Crippen molar-refractivity contribution in [3.05, 3.63) is 29.3 Å². The van der Waals surface area contributed by atoms with Crippen LogP contribution in [0.25, 0.3) is 0 Å². The lowest BCUT2D eigenvalue weighted by molar-refractivity contribution is 0.103. The van der Waals surface area contributed by atoms with Crippen LogP contribution in [0.2, 0.25) is 0 Å². The second-order valence-electron chi connectivity index (χ2n) is 10.0. The molecule has 2 heterocycles. The van der Waals surface area contributed by atoms with Gasteiger partial charge in [-0.3, -0.25) is 0 Å². The standard InChI is InChI=1S/C24H38N2O/c1-24(2,18-26-12-4-3-5-13-26)19-27-23-9-8-21-14-20(15-22(21)16-23)17-25-10-6-7-11-25/h8-9,16,20H,3-7,10-15,17-19H2,1-2H3. The van der Waals surface area contributed by atoms with Crippen LogP contribution in [0.4, 0.5) is 0 Å². The summed E-state index contributed by atoms with van der Waals surface area (Å²) in [6, 6.07) is 6.86. The average Bonchev–Trinajstić information content (AvgIpc) is 3.29. The van der Waals surface area contributed by atoms with Crippen molar-refractivity contribution in [3.8, 4) is 5.75 Å². The zero-order valence-corrected chi connectivity index (χ0v) is 17.5. The summed E-state index contributed by atoms with van der Waals surface area (Å²) in [6.45, 7) is 13.1. The number of ether oxygens (including phenoxy) is 1. The van der Waals surface area contributed by atoms with Crippen molar-refractivity contribution in [2.75, 3.05) is 45.9 Å². The van der Waals surface area contributed by atoms with Crippen molar-refractivity contribution in [1.82, 2.24) is 9.80 Å². The monoisotopic (exact) mass is 370 g/mol. The van der Waals surface area contributed by atoms with Crippen LogP contribution in [0.1, 0.15) is 57.1 Å². The first-order valence-electron chi connectivity index (χ1n) is 11.3. The summed E-state index contributed by atoms with van der Waals surface area (Å²) < 4.78 is 6.27. The van der Waals surface area contributed by atoms with E-state index in [4.69, 9.17) is 4.74 Å². The van der Waals surface area contributed by atoms with Crippen molar-refractivity contribution < 1.29 is 4.74 Å². The molecule has 1 aliphatic carbocycles. The van der Waals surface area contributed by atoms with Gasteiger partial charge < -0.3 is 14.5 Å². The van der Waals surface area contributed by atoms with Gasteiger partial charge in [0, 0.05) is 18.5 Å². The van der Waals surface area contributed by atoms with Crippen LogP contribution in [0.5, 0.6) is 5.75 Å². The number of hydrogen-bond acceptors (Lipinski definition) is 3. The van der Waals surface area contributed by atoms with Gasteiger partial charge in [0.15, 0.2) is 0 Å². The molecule has 0 radical (unpaired) electrons. The first-order chi connectivity index (χ1) is 13.1. The molecule has 1 aromatic carbocycles. The number of piperidine rings is 1. The van der Waals surface area contributed by atoms with Gasteiger partial charge in [-0.25, -0.2) is 0 Å². The summed E-state index contributed by atoms with van der Waals surface area (Å²) in [5, 5.41) is 0. The van der Waals surface area contributed by atoms with E-state index in [1.807, 2.05) is 0 Å². The second kappa shape index (κ2) is 8.53. The number of fused-ring (bicyclic) bond motifs is 1. The highest BCUT2D eigenvalue weighted by Crippen LogP contribution is 2.32. The van der Waals surface area contributed by atoms with E-state index in [1.165, 1.54) is 83.2 Å². The largest absolute Gasteiger partial charge is 0.493 e. The summed E-state index contributed by atoms with van der Waals surface area (Å²) in [5.41, 5.74) is 3.29. The Balaban J connectivity index is 1.28. The Morgan fingerprint density at radius 1 is 0.889 bits per heavy atom. The summed E-state index contributed by atoms with van der Waals surface area (Å²) >= 11 is 0. The Kier molecular flexibility index (Phi) is 6.08. The van der Waals surface area contributed by atoms with Gasteiger partial charge in [-0.1, -0.05) is 26.3 Å². The zero-order chi connectivity index (χ0) is 18.7. The molecule has 150 valence electrons. The highest BCUT2D eigenvalue weighted by Gasteiger charge is 2.26. The molecule has 0 N–H and O–H groups in total. The van der Waals surface area contributed by atoms with Gasteiger partial charge in [0.05, 0.1) is 6.61 Å². The highest BCUT2D eigenvalue weighted by atomic mass is 16.5. The highest BCUT2D eigenvalue weighted by molar-refractivity contribution is 5.39. The van der Waals surface area contributed by atoms with E-state index in [1.54, 1.807) is 5.56 Å². The van der Waals surface area contributed by atoms with E-state index in [0.717, 1.165) is 24.8 Å². The molecule has 27 heavy (non-hydrogen) atoms. The lowest BCUT2D eigenvalue weighted by Crippen LogP contribution is -2.40. The first kappa shape index (κ1) is 19.3. The van der Waals surface area contributed by atoms with Crippen molar-refractivity contribution in [2.45, 2.75) is 58.8 Å². The maximum atomic E-state index is 6.27. The van der Waals surface area contributed by atoms with E-state index >= 15 is 0 Å². The van der Waals surface area contributed by atoms with Crippen molar-refractivity contribution in [1.29, 1.82) is 0 Å². The SMILES string of the molecule is CC(C)(COc1ccc2c(c1)CC(CN1CCCC1)C2)CN1CCCCC1. The molecule has 3 nitrogen and oxygen atoms in total. The van der Waals surface area contributed by atoms with Gasteiger partial charge >= 0.3 is 0 Å². The van der Waals surface area contributed by atoms with E-state index in [9.17, 15) is 0 Å². The number of nitrogens with zero attached hydrogens (tertiary/aromatic N) is 2. The van der Waals surface area contributed by atoms with Crippen molar-refractivity contribution >= 4 is 0 Å². The molecule has 0 bridgehead atoms. The van der Waals surface area contributed by atoms with Crippen LogP contribution >= 0.6 is 0 Å². The Hall–Kier alpha value is -1.06. The molecular weight excluding hydrogens is 332 g/mol. The number of benzene rings is 1. The molecule has 1 aromatic rings. The zero-order valence-electron chi connectivity index (χ0n) is 17.5. The van der Waals surface area contributed by atoms with E-state index < -0.39 is 0 Å². The fourth-order valence-corrected chi connectivity index (χ4v) is 5.28. The Bertz CT molecular complexity index is 615. The fourth-order valence-electron chi connectivity index (χ4n) is 5.28. The molecule has 2 saturated heterocycles. The lowest BCUT2D eigenvalue weighted by Gasteiger charge is -2.34. The molecule has 3 heteroatoms. The van der Waals surface area contributed by atoms with E-state index in [-0.39, 0.29) is 5.41 Å². The van der Waals surface area contributed by atoms with Crippen LogP contribution in [-0.2, 0) is 12.8 Å². The molecule has 3 aliphatic rings. The quantitative estimate of drug-likeness (QED) is 0.708. The van der Waals surface area contributed by atoms with Gasteiger partial charge in [0.1, 0.15) is 5.75 Å². The van der Waals surface area contributed by atoms with Crippen LogP contribution < -0.4 is 4.74 Å². The van der Waals surface area contributed by atoms with E-state index in [2.05, 4.69) is 41.8 Å². The first-order valence-corrected chi connectivity index (χ1v) is 11.3. The fraction of sp³-hybridized carbons (Fsp3) is 0.750. The third kappa shape index (κ3) is 5.26.